The van der Waals surface area contributed by atoms with E-state index in [1.54, 1.807) is 0 Å². The van der Waals surface area contributed by atoms with Crippen molar-refractivity contribution in [2.24, 2.45) is 17.8 Å². The molecular weight excluding hydrogens is 268 g/mol. The summed E-state index contributed by atoms with van der Waals surface area (Å²) in [5.74, 6) is 0.624. The zero-order chi connectivity index (χ0) is 16.0. The van der Waals surface area contributed by atoms with Crippen LogP contribution in [0.15, 0.2) is 18.2 Å². The van der Waals surface area contributed by atoms with E-state index in [-0.39, 0.29) is 17.1 Å². The van der Waals surface area contributed by atoms with Gasteiger partial charge in [-0.05, 0) is 42.7 Å². The van der Waals surface area contributed by atoms with Crippen molar-refractivity contribution in [1.29, 1.82) is 0 Å². The quantitative estimate of drug-likeness (QED) is 0.747. The molecule has 1 aromatic carbocycles. The molecule has 4 nitrogen and oxygen atoms in total. The van der Waals surface area contributed by atoms with Gasteiger partial charge in [0.15, 0.2) is 0 Å². The summed E-state index contributed by atoms with van der Waals surface area (Å²) in [6, 6.07) is 3.76. The predicted octanol–water partition coefficient (Wildman–Crippen LogP) is 3.96. The average Bonchev–Trinajstić information content (AvgIpc) is 2.32. The number of benzene rings is 1. The molecule has 0 saturated carbocycles. The smallest absolute Gasteiger partial charge is 0.338 e. The fourth-order valence-electron chi connectivity index (χ4n) is 2.56. The Bertz CT molecular complexity index is 436. The lowest BCUT2D eigenvalue weighted by Gasteiger charge is -2.20. The zero-order valence-corrected chi connectivity index (χ0v) is 13.3. The van der Waals surface area contributed by atoms with Crippen molar-refractivity contribution in [3.63, 3.8) is 0 Å². The summed E-state index contributed by atoms with van der Waals surface area (Å²) < 4.78 is 5.34. The summed E-state index contributed by atoms with van der Waals surface area (Å²) >= 11 is 0. The number of ether oxygens (including phenoxy) is 1. The van der Waals surface area contributed by atoms with Crippen molar-refractivity contribution in [3.8, 4) is 11.5 Å². The van der Waals surface area contributed by atoms with Crippen molar-refractivity contribution in [2.45, 2.75) is 40.5 Å². The molecule has 0 radical (unpaired) electrons. The van der Waals surface area contributed by atoms with Gasteiger partial charge in [0, 0.05) is 6.07 Å². The molecule has 0 aromatic heterocycles. The summed E-state index contributed by atoms with van der Waals surface area (Å²) in [5, 5.41) is 18.8. The first-order chi connectivity index (χ1) is 9.77. The molecule has 0 aliphatic heterocycles. The molecular formula is C17H26O4. The van der Waals surface area contributed by atoms with Gasteiger partial charge in [0.2, 0.25) is 0 Å². The number of rotatable bonds is 7. The van der Waals surface area contributed by atoms with E-state index in [0.717, 1.165) is 12.8 Å². The van der Waals surface area contributed by atoms with Crippen LogP contribution in [0.3, 0.4) is 0 Å². The van der Waals surface area contributed by atoms with Crippen molar-refractivity contribution >= 4 is 5.97 Å². The molecule has 0 saturated heterocycles. The standard InChI is InChI=1S/C17H26O4/c1-11(2)5-13(6-12(3)4)10-21-17(20)14-7-15(18)9-16(19)8-14/h7-9,11-13,18-19H,5-6,10H2,1-4H3. The molecule has 2 N–H and O–H groups in total. The van der Waals surface area contributed by atoms with Gasteiger partial charge >= 0.3 is 5.97 Å². The normalized spacial score (nSPS) is 11.4. The van der Waals surface area contributed by atoms with Gasteiger partial charge in [-0.15, -0.1) is 0 Å². The number of carbonyl (C=O) groups excluding carboxylic acids is 1. The monoisotopic (exact) mass is 294 g/mol. The summed E-state index contributed by atoms with van der Waals surface area (Å²) in [6.07, 6.45) is 2.02. The second-order valence-corrected chi connectivity index (χ2v) is 6.46. The van der Waals surface area contributed by atoms with E-state index in [2.05, 4.69) is 27.7 Å². The SMILES string of the molecule is CC(C)CC(COC(=O)c1cc(O)cc(O)c1)CC(C)C. The van der Waals surface area contributed by atoms with Gasteiger partial charge in [-0.25, -0.2) is 4.79 Å². The fraction of sp³-hybridized carbons (Fsp3) is 0.588. The van der Waals surface area contributed by atoms with E-state index in [1.807, 2.05) is 0 Å². The van der Waals surface area contributed by atoms with Gasteiger partial charge in [-0.3, -0.25) is 0 Å². The second-order valence-electron chi connectivity index (χ2n) is 6.46. The summed E-state index contributed by atoms with van der Waals surface area (Å²) in [6.45, 7) is 8.99. The number of aromatic hydroxyl groups is 2. The van der Waals surface area contributed by atoms with E-state index in [0.29, 0.717) is 24.4 Å². The van der Waals surface area contributed by atoms with Gasteiger partial charge < -0.3 is 14.9 Å². The van der Waals surface area contributed by atoms with E-state index < -0.39 is 5.97 Å². The molecule has 0 aliphatic rings. The molecule has 0 spiro atoms. The van der Waals surface area contributed by atoms with Crippen LogP contribution in [0.1, 0.15) is 50.9 Å². The Balaban J connectivity index is 2.63. The highest BCUT2D eigenvalue weighted by atomic mass is 16.5. The molecule has 0 atom stereocenters. The Morgan fingerprint density at radius 1 is 1.00 bits per heavy atom. The van der Waals surface area contributed by atoms with Gasteiger partial charge in [0.1, 0.15) is 11.5 Å². The zero-order valence-electron chi connectivity index (χ0n) is 13.3. The lowest BCUT2D eigenvalue weighted by molar-refractivity contribution is 0.0404. The Labute approximate surface area is 126 Å². The topological polar surface area (TPSA) is 66.8 Å². The first-order valence-corrected chi connectivity index (χ1v) is 7.48. The molecule has 0 unspecified atom stereocenters. The minimum Gasteiger partial charge on any atom is -0.508 e. The summed E-state index contributed by atoms with van der Waals surface area (Å²) in [7, 11) is 0. The second kappa shape index (κ2) is 7.91. The lowest BCUT2D eigenvalue weighted by atomic mass is 9.90. The Hall–Kier alpha value is -1.71. The Kier molecular flexibility index (Phi) is 6.53. The molecule has 0 aliphatic carbocycles. The number of hydrogen-bond donors (Lipinski definition) is 2. The first kappa shape index (κ1) is 17.3. The maximum atomic E-state index is 12.0. The van der Waals surface area contributed by atoms with Gasteiger partial charge in [-0.1, -0.05) is 27.7 Å². The minimum atomic E-state index is -0.515. The van der Waals surface area contributed by atoms with Crippen LogP contribution < -0.4 is 0 Å². The largest absolute Gasteiger partial charge is 0.508 e. The number of phenols is 2. The number of carbonyl (C=O) groups is 1. The van der Waals surface area contributed by atoms with Crippen LogP contribution in [0.5, 0.6) is 11.5 Å². The predicted molar refractivity (Wildman–Crippen MR) is 82.5 cm³/mol. The third-order valence-electron chi connectivity index (χ3n) is 3.20. The first-order valence-electron chi connectivity index (χ1n) is 7.48. The fourth-order valence-corrected chi connectivity index (χ4v) is 2.56. The lowest BCUT2D eigenvalue weighted by Crippen LogP contribution is -2.18. The van der Waals surface area contributed by atoms with E-state index in [1.165, 1.54) is 18.2 Å². The van der Waals surface area contributed by atoms with E-state index in [9.17, 15) is 15.0 Å². The third-order valence-corrected chi connectivity index (χ3v) is 3.20. The van der Waals surface area contributed by atoms with Crippen LogP contribution in [0.25, 0.3) is 0 Å². The number of phenolic OH excluding ortho intramolecular Hbond substituents is 2. The van der Waals surface area contributed by atoms with Gasteiger partial charge in [0.05, 0.1) is 12.2 Å². The summed E-state index contributed by atoms with van der Waals surface area (Å²) in [4.78, 5) is 12.0. The molecule has 0 amide bonds. The van der Waals surface area contributed by atoms with Crippen molar-refractivity contribution in [3.05, 3.63) is 23.8 Å². The molecule has 118 valence electrons. The molecule has 1 aromatic rings. The maximum absolute atomic E-state index is 12.0. The highest BCUT2D eigenvalue weighted by Gasteiger charge is 2.17. The maximum Gasteiger partial charge on any atom is 0.338 e. The highest BCUT2D eigenvalue weighted by molar-refractivity contribution is 5.90. The third kappa shape index (κ3) is 6.52. The molecule has 1 rings (SSSR count). The molecule has 0 heterocycles. The van der Waals surface area contributed by atoms with Crippen LogP contribution >= 0.6 is 0 Å². The van der Waals surface area contributed by atoms with Crippen molar-refractivity contribution < 1.29 is 19.7 Å². The molecule has 21 heavy (non-hydrogen) atoms. The van der Waals surface area contributed by atoms with Crippen molar-refractivity contribution in [2.75, 3.05) is 6.61 Å². The number of esters is 1. The average molecular weight is 294 g/mol. The molecule has 4 heteroatoms. The van der Waals surface area contributed by atoms with Gasteiger partial charge in [-0.2, -0.15) is 0 Å². The number of hydrogen-bond acceptors (Lipinski definition) is 4. The molecule has 0 fully saturated rings. The highest BCUT2D eigenvalue weighted by Crippen LogP contribution is 2.23. The van der Waals surface area contributed by atoms with Crippen LogP contribution in [0.2, 0.25) is 0 Å². The summed E-state index contributed by atoms with van der Waals surface area (Å²) in [5.41, 5.74) is 0.167. The minimum absolute atomic E-state index is 0.150. The van der Waals surface area contributed by atoms with E-state index in [4.69, 9.17) is 4.74 Å². The van der Waals surface area contributed by atoms with Crippen LogP contribution in [-0.2, 0) is 4.74 Å². The van der Waals surface area contributed by atoms with Crippen molar-refractivity contribution in [1.82, 2.24) is 0 Å². The van der Waals surface area contributed by atoms with Gasteiger partial charge in [0.25, 0.3) is 0 Å². The van der Waals surface area contributed by atoms with Crippen LogP contribution in [-0.4, -0.2) is 22.8 Å². The van der Waals surface area contributed by atoms with Crippen LogP contribution in [0, 0.1) is 17.8 Å². The van der Waals surface area contributed by atoms with Crippen LogP contribution in [0.4, 0.5) is 0 Å². The molecule has 0 bridgehead atoms. The Morgan fingerprint density at radius 3 is 1.90 bits per heavy atom. The Morgan fingerprint density at radius 2 is 1.48 bits per heavy atom. The van der Waals surface area contributed by atoms with E-state index >= 15 is 0 Å².